The Balaban J connectivity index is 1.46. The van der Waals surface area contributed by atoms with Gasteiger partial charge in [0.2, 0.25) is 0 Å². The van der Waals surface area contributed by atoms with Gasteiger partial charge >= 0.3 is 0 Å². The van der Waals surface area contributed by atoms with Gasteiger partial charge in [0.05, 0.1) is 11.3 Å². The Hall–Kier alpha value is -3.46. The van der Waals surface area contributed by atoms with E-state index in [1.807, 2.05) is 30.5 Å². The summed E-state index contributed by atoms with van der Waals surface area (Å²) in [7, 11) is 0. The first-order chi connectivity index (χ1) is 16.3. The fourth-order valence-electron chi connectivity index (χ4n) is 3.98. The van der Waals surface area contributed by atoms with Gasteiger partial charge in [-0.2, -0.15) is 4.68 Å². The highest BCUT2D eigenvalue weighted by Crippen LogP contribution is 2.30. The molecule has 9 heteroatoms. The van der Waals surface area contributed by atoms with E-state index in [1.54, 1.807) is 12.1 Å². The lowest BCUT2D eigenvalue weighted by atomic mass is 10.1. The number of unbranched alkanes of at least 4 members (excludes halogenated alkanes) is 3. The maximum absolute atomic E-state index is 12.8. The maximum atomic E-state index is 12.8. The second kappa shape index (κ2) is 9.58. The summed E-state index contributed by atoms with van der Waals surface area (Å²) < 4.78 is 3.55. The molecule has 1 N–H and O–H groups in total. The SMILES string of the molecule is CCCCCCn1c(SCn2nnc3ccccc3c2=O)nnc1-c1c[nH]c2ccccc12. The summed E-state index contributed by atoms with van der Waals surface area (Å²) >= 11 is 1.45. The van der Waals surface area contributed by atoms with E-state index in [0.717, 1.165) is 46.8 Å². The predicted octanol–water partition coefficient (Wildman–Crippen LogP) is 4.86. The first kappa shape index (κ1) is 21.4. The van der Waals surface area contributed by atoms with Crippen LogP contribution in [0, 0.1) is 0 Å². The molecule has 0 saturated carbocycles. The summed E-state index contributed by atoms with van der Waals surface area (Å²) in [5.74, 6) is 1.15. The second-order valence-corrected chi connectivity index (χ2v) is 8.86. The van der Waals surface area contributed by atoms with Crippen LogP contribution in [0.5, 0.6) is 0 Å². The first-order valence-corrected chi connectivity index (χ1v) is 12.2. The van der Waals surface area contributed by atoms with Crippen molar-refractivity contribution in [1.82, 2.24) is 34.7 Å². The Labute approximate surface area is 195 Å². The Bertz CT molecular complexity index is 1450. The molecule has 0 fully saturated rings. The van der Waals surface area contributed by atoms with Gasteiger partial charge in [0.15, 0.2) is 11.0 Å². The van der Waals surface area contributed by atoms with Crippen molar-refractivity contribution in [3.8, 4) is 11.4 Å². The van der Waals surface area contributed by atoms with Gasteiger partial charge in [-0.3, -0.25) is 4.79 Å². The molecule has 0 radical (unpaired) electrons. The van der Waals surface area contributed by atoms with Crippen molar-refractivity contribution in [2.45, 2.75) is 50.2 Å². The highest BCUT2D eigenvalue weighted by atomic mass is 32.2. The molecule has 0 unspecified atom stereocenters. The number of thioether (sulfide) groups is 1. The van der Waals surface area contributed by atoms with Gasteiger partial charge in [-0.25, -0.2) is 0 Å². The van der Waals surface area contributed by atoms with Crippen LogP contribution in [0.15, 0.2) is 64.7 Å². The molecular formula is C24H25N7OS. The van der Waals surface area contributed by atoms with Crippen LogP contribution < -0.4 is 5.56 Å². The van der Waals surface area contributed by atoms with Crippen LogP contribution in [0.2, 0.25) is 0 Å². The van der Waals surface area contributed by atoms with Crippen molar-refractivity contribution in [2.24, 2.45) is 0 Å². The van der Waals surface area contributed by atoms with Gasteiger partial charge in [-0.05, 0) is 24.6 Å². The zero-order valence-electron chi connectivity index (χ0n) is 18.4. The summed E-state index contributed by atoms with van der Waals surface area (Å²) in [5, 5.41) is 19.8. The Kier molecular flexibility index (Phi) is 6.21. The molecule has 0 saturated heterocycles. The van der Waals surface area contributed by atoms with Crippen molar-refractivity contribution >= 4 is 33.6 Å². The number of fused-ring (bicyclic) bond motifs is 2. The van der Waals surface area contributed by atoms with Gasteiger partial charge in [0, 0.05) is 29.2 Å². The molecule has 2 aromatic carbocycles. The largest absolute Gasteiger partial charge is 0.360 e. The smallest absolute Gasteiger partial charge is 0.278 e. The van der Waals surface area contributed by atoms with Gasteiger partial charge in [0.1, 0.15) is 5.52 Å². The molecule has 0 bridgehead atoms. The summed E-state index contributed by atoms with van der Waals surface area (Å²) in [5.41, 5.74) is 2.55. The number of benzene rings is 2. The number of aromatic nitrogens is 7. The van der Waals surface area contributed by atoms with E-state index in [4.69, 9.17) is 0 Å². The standard InChI is InChI=1S/C24H25N7OS/c1-2-3-4-9-14-30-22(19-15-25-20-12-7-5-10-17(19)20)27-28-24(30)33-16-31-23(32)18-11-6-8-13-21(18)26-29-31/h5-8,10-13,15,25H,2-4,9,14,16H2,1H3. The minimum absolute atomic E-state index is 0.154. The topological polar surface area (TPSA) is 94.3 Å². The second-order valence-electron chi connectivity index (χ2n) is 7.95. The minimum atomic E-state index is -0.154. The molecule has 0 amide bonds. The molecule has 0 aliphatic heterocycles. The molecule has 8 nitrogen and oxygen atoms in total. The fourth-order valence-corrected chi connectivity index (χ4v) is 4.82. The third kappa shape index (κ3) is 4.28. The van der Waals surface area contributed by atoms with Crippen molar-refractivity contribution in [1.29, 1.82) is 0 Å². The molecule has 0 aliphatic carbocycles. The number of nitrogens with one attached hydrogen (secondary N) is 1. The molecule has 3 aromatic heterocycles. The Morgan fingerprint density at radius 1 is 0.939 bits per heavy atom. The molecule has 168 valence electrons. The molecule has 3 heterocycles. The quantitative estimate of drug-likeness (QED) is 0.250. The van der Waals surface area contributed by atoms with Crippen molar-refractivity contribution in [2.75, 3.05) is 0 Å². The van der Waals surface area contributed by atoms with Crippen molar-refractivity contribution in [3.05, 3.63) is 65.1 Å². The van der Waals surface area contributed by atoms with Crippen LogP contribution in [0.1, 0.15) is 32.6 Å². The summed E-state index contributed by atoms with van der Waals surface area (Å²) in [4.78, 5) is 16.1. The highest BCUT2D eigenvalue weighted by Gasteiger charge is 2.18. The summed E-state index contributed by atoms with van der Waals surface area (Å²) in [6.07, 6.45) is 6.58. The van der Waals surface area contributed by atoms with E-state index in [-0.39, 0.29) is 5.56 Å². The van der Waals surface area contributed by atoms with Crippen LogP contribution in [-0.2, 0) is 12.4 Å². The maximum Gasteiger partial charge on any atom is 0.278 e. The Morgan fingerprint density at radius 3 is 2.64 bits per heavy atom. The molecule has 0 aliphatic rings. The van der Waals surface area contributed by atoms with Crippen LogP contribution >= 0.6 is 11.8 Å². The zero-order chi connectivity index (χ0) is 22.6. The van der Waals surface area contributed by atoms with Gasteiger partial charge in [-0.1, -0.05) is 73.5 Å². The molecule has 0 spiro atoms. The predicted molar refractivity (Wildman–Crippen MR) is 131 cm³/mol. The number of para-hydroxylation sites is 1. The number of nitrogens with zero attached hydrogens (tertiary/aromatic N) is 6. The lowest BCUT2D eigenvalue weighted by molar-refractivity contribution is 0.555. The average Bonchev–Trinajstić information content (AvgIpc) is 3.45. The number of H-pyrrole nitrogens is 1. The zero-order valence-corrected chi connectivity index (χ0v) is 19.3. The average molecular weight is 460 g/mol. The van der Waals surface area contributed by atoms with E-state index in [2.05, 4.69) is 49.1 Å². The van der Waals surface area contributed by atoms with Crippen molar-refractivity contribution in [3.63, 3.8) is 0 Å². The molecule has 33 heavy (non-hydrogen) atoms. The van der Waals surface area contributed by atoms with Crippen LogP contribution in [0.4, 0.5) is 0 Å². The van der Waals surface area contributed by atoms with Crippen molar-refractivity contribution < 1.29 is 0 Å². The lowest BCUT2D eigenvalue weighted by Crippen LogP contribution is -2.23. The van der Waals surface area contributed by atoms with E-state index < -0.39 is 0 Å². The molecule has 5 aromatic rings. The number of hydrogen-bond donors (Lipinski definition) is 1. The normalized spacial score (nSPS) is 11.5. The van der Waals surface area contributed by atoms with Gasteiger partial charge in [0.25, 0.3) is 5.56 Å². The van der Waals surface area contributed by atoms with E-state index in [0.29, 0.717) is 16.8 Å². The monoisotopic (exact) mass is 459 g/mol. The highest BCUT2D eigenvalue weighted by molar-refractivity contribution is 7.98. The summed E-state index contributed by atoms with van der Waals surface area (Å²) in [6, 6.07) is 15.5. The fraction of sp³-hybridized carbons (Fsp3) is 0.292. The van der Waals surface area contributed by atoms with Crippen LogP contribution in [0.3, 0.4) is 0 Å². The minimum Gasteiger partial charge on any atom is -0.360 e. The van der Waals surface area contributed by atoms with Gasteiger partial charge in [-0.15, -0.1) is 15.3 Å². The number of hydrogen-bond acceptors (Lipinski definition) is 6. The van der Waals surface area contributed by atoms with E-state index in [1.165, 1.54) is 29.3 Å². The number of rotatable bonds is 9. The Morgan fingerprint density at radius 2 is 1.76 bits per heavy atom. The third-order valence-corrected chi connectivity index (χ3v) is 6.66. The molecular weight excluding hydrogens is 434 g/mol. The van der Waals surface area contributed by atoms with Crippen LogP contribution in [0.25, 0.3) is 33.2 Å². The third-order valence-electron chi connectivity index (χ3n) is 5.73. The van der Waals surface area contributed by atoms with E-state index in [9.17, 15) is 4.79 Å². The van der Waals surface area contributed by atoms with E-state index >= 15 is 0 Å². The van der Waals surface area contributed by atoms with Crippen LogP contribution in [-0.4, -0.2) is 34.7 Å². The molecule has 5 rings (SSSR count). The number of aromatic amines is 1. The lowest BCUT2D eigenvalue weighted by Gasteiger charge is -2.10. The molecule has 0 atom stereocenters. The first-order valence-electron chi connectivity index (χ1n) is 11.2. The summed E-state index contributed by atoms with van der Waals surface area (Å²) in [6.45, 7) is 3.03. The van der Waals surface area contributed by atoms with Gasteiger partial charge < -0.3 is 9.55 Å².